The summed E-state index contributed by atoms with van der Waals surface area (Å²) in [6.07, 6.45) is 0.924. The Balaban J connectivity index is 2.17. The van der Waals surface area contributed by atoms with Gasteiger partial charge in [-0.3, -0.25) is 11.3 Å². The minimum atomic E-state index is -0.420. The molecule has 2 aromatic carbocycles. The number of hydrogen-bond donors (Lipinski definition) is 2. The van der Waals surface area contributed by atoms with Crippen LogP contribution in [0.5, 0.6) is 0 Å². The van der Waals surface area contributed by atoms with Gasteiger partial charge in [-0.1, -0.05) is 59.1 Å². The first-order valence-corrected chi connectivity index (χ1v) is 7.48. The van der Waals surface area contributed by atoms with Crippen molar-refractivity contribution in [2.75, 3.05) is 0 Å². The molecule has 112 valence electrons. The predicted molar refractivity (Wildman–Crippen MR) is 86.4 cm³/mol. The van der Waals surface area contributed by atoms with E-state index in [2.05, 4.69) is 5.43 Å². The lowest BCUT2D eigenvalue weighted by Gasteiger charge is -2.17. The van der Waals surface area contributed by atoms with Gasteiger partial charge in [-0.05, 0) is 36.1 Å². The molecule has 1 unspecified atom stereocenters. The van der Waals surface area contributed by atoms with Crippen LogP contribution >= 0.6 is 34.8 Å². The van der Waals surface area contributed by atoms with E-state index in [0.29, 0.717) is 28.5 Å². The van der Waals surface area contributed by atoms with Crippen LogP contribution in [-0.4, -0.2) is 6.04 Å². The van der Waals surface area contributed by atoms with Crippen molar-refractivity contribution in [1.82, 2.24) is 5.43 Å². The van der Waals surface area contributed by atoms with Crippen LogP contribution in [0.15, 0.2) is 36.4 Å². The van der Waals surface area contributed by atoms with Gasteiger partial charge in [0.1, 0.15) is 5.82 Å². The third-order valence-electron chi connectivity index (χ3n) is 3.23. The number of nitrogens with two attached hydrogens (primary N) is 1. The summed E-state index contributed by atoms with van der Waals surface area (Å²) in [4.78, 5) is 0. The average Bonchev–Trinajstić information content (AvgIpc) is 2.47. The Bertz CT molecular complexity index is 581. The number of nitrogens with one attached hydrogen (secondary N) is 1. The topological polar surface area (TPSA) is 38.0 Å². The van der Waals surface area contributed by atoms with Gasteiger partial charge in [0, 0.05) is 6.04 Å². The summed E-state index contributed by atoms with van der Waals surface area (Å²) in [6.45, 7) is 0. The van der Waals surface area contributed by atoms with Crippen molar-refractivity contribution in [1.29, 1.82) is 0 Å². The summed E-state index contributed by atoms with van der Waals surface area (Å²) in [6, 6.07) is 10.1. The molecule has 0 radical (unpaired) electrons. The molecule has 21 heavy (non-hydrogen) atoms. The van der Waals surface area contributed by atoms with E-state index in [0.717, 1.165) is 5.56 Å². The molecule has 0 saturated carbocycles. The van der Waals surface area contributed by atoms with Gasteiger partial charge in [-0.15, -0.1) is 0 Å². The fourth-order valence-corrected chi connectivity index (χ4v) is 2.72. The van der Waals surface area contributed by atoms with Gasteiger partial charge in [0.15, 0.2) is 0 Å². The Labute approximate surface area is 138 Å². The monoisotopic (exact) mass is 346 g/mol. The quantitative estimate of drug-likeness (QED) is 0.621. The number of rotatable bonds is 5. The molecule has 0 amide bonds. The van der Waals surface area contributed by atoms with Crippen LogP contribution in [0.3, 0.4) is 0 Å². The van der Waals surface area contributed by atoms with E-state index in [1.807, 2.05) is 12.1 Å². The molecule has 0 aliphatic heterocycles. The van der Waals surface area contributed by atoms with Crippen molar-refractivity contribution >= 4 is 34.8 Å². The minimum Gasteiger partial charge on any atom is -0.271 e. The summed E-state index contributed by atoms with van der Waals surface area (Å²) < 4.78 is 13.9. The zero-order valence-electron chi connectivity index (χ0n) is 11.0. The van der Waals surface area contributed by atoms with E-state index in [4.69, 9.17) is 40.6 Å². The zero-order chi connectivity index (χ0) is 15.4. The van der Waals surface area contributed by atoms with E-state index in [-0.39, 0.29) is 11.1 Å². The molecule has 0 aromatic heterocycles. The van der Waals surface area contributed by atoms with Gasteiger partial charge in [0.05, 0.1) is 15.1 Å². The number of benzene rings is 2. The second kappa shape index (κ2) is 7.43. The van der Waals surface area contributed by atoms with Gasteiger partial charge < -0.3 is 0 Å². The van der Waals surface area contributed by atoms with E-state index < -0.39 is 5.82 Å². The largest absolute Gasteiger partial charge is 0.271 e. The molecule has 2 nitrogen and oxygen atoms in total. The predicted octanol–water partition coefficient (Wildman–Crippen LogP) is 4.40. The van der Waals surface area contributed by atoms with Gasteiger partial charge in [0.2, 0.25) is 0 Å². The van der Waals surface area contributed by atoms with Crippen molar-refractivity contribution < 1.29 is 4.39 Å². The average molecular weight is 348 g/mol. The highest BCUT2D eigenvalue weighted by molar-refractivity contribution is 6.42. The van der Waals surface area contributed by atoms with E-state index >= 15 is 0 Å². The Morgan fingerprint density at radius 3 is 2.19 bits per heavy atom. The lowest BCUT2D eigenvalue weighted by Crippen LogP contribution is -2.38. The van der Waals surface area contributed by atoms with Crippen LogP contribution in [0.4, 0.5) is 4.39 Å². The lowest BCUT2D eigenvalue weighted by atomic mass is 9.99. The van der Waals surface area contributed by atoms with Gasteiger partial charge in [-0.25, -0.2) is 4.39 Å². The SMILES string of the molecule is NNC(Cc1cccc(Cl)c1F)Cc1cccc(Cl)c1Cl. The summed E-state index contributed by atoms with van der Waals surface area (Å²) >= 11 is 17.9. The van der Waals surface area contributed by atoms with Crippen LogP contribution in [-0.2, 0) is 12.8 Å². The molecule has 0 saturated heterocycles. The van der Waals surface area contributed by atoms with Crippen molar-refractivity contribution in [3.63, 3.8) is 0 Å². The van der Waals surface area contributed by atoms with Crippen LogP contribution in [0, 0.1) is 5.82 Å². The molecule has 0 aliphatic carbocycles. The molecule has 0 heterocycles. The van der Waals surface area contributed by atoms with Gasteiger partial charge in [-0.2, -0.15) is 0 Å². The molecule has 0 fully saturated rings. The summed E-state index contributed by atoms with van der Waals surface area (Å²) in [5.74, 6) is 5.14. The normalized spacial score (nSPS) is 12.4. The fraction of sp³-hybridized carbons (Fsp3) is 0.200. The van der Waals surface area contributed by atoms with Crippen molar-refractivity contribution in [2.45, 2.75) is 18.9 Å². The Morgan fingerprint density at radius 2 is 1.52 bits per heavy atom. The maximum absolute atomic E-state index is 13.9. The van der Waals surface area contributed by atoms with Crippen molar-refractivity contribution in [3.05, 3.63) is 68.4 Å². The first kappa shape index (κ1) is 16.5. The first-order chi connectivity index (χ1) is 10.0. The molecular formula is C15H14Cl3FN2. The second-order valence-corrected chi connectivity index (χ2v) is 5.89. The molecule has 0 spiro atoms. The third-order valence-corrected chi connectivity index (χ3v) is 4.38. The number of hydrazine groups is 1. The van der Waals surface area contributed by atoms with Crippen molar-refractivity contribution in [2.24, 2.45) is 5.84 Å². The maximum atomic E-state index is 13.9. The highest BCUT2D eigenvalue weighted by Gasteiger charge is 2.15. The number of halogens is 4. The van der Waals surface area contributed by atoms with E-state index in [1.54, 1.807) is 18.2 Å². The molecule has 3 N–H and O–H groups in total. The standard InChI is InChI=1S/C15H14Cl3FN2/c16-12-5-1-3-9(14(12)18)7-11(21-20)8-10-4-2-6-13(17)15(10)19/h1-6,11,21H,7-8,20H2. The molecule has 1 atom stereocenters. The first-order valence-electron chi connectivity index (χ1n) is 6.34. The van der Waals surface area contributed by atoms with Crippen molar-refractivity contribution in [3.8, 4) is 0 Å². The molecule has 0 aliphatic rings. The van der Waals surface area contributed by atoms with Gasteiger partial charge in [0.25, 0.3) is 0 Å². The molecular weight excluding hydrogens is 334 g/mol. The molecule has 0 bridgehead atoms. The van der Waals surface area contributed by atoms with Crippen LogP contribution < -0.4 is 11.3 Å². The molecule has 6 heteroatoms. The summed E-state index contributed by atoms with van der Waals surface area (Å²) in [7, 11) is 0. The second-order valence-electron chi connectivity index (χ2n) is 4.70. The lowest BCUT2D eigenvalue weighted by molar-refractivity contribution is 0.506. The Kier molecular flexibility index (Phi) is 5.85. The highest BCUT2D eigenvalue weighted by Crippen LogP contribution is 2.27. The zero-order valence-corrected chi connectivity index (χ0v) is 13.3. The van der Waals surface area contributed by atoms with Crippen LogP contribution in [0.1, 0.15) is 11.1 Å². The highest BCUT2D eigenvalue weighted by atomic mass is 35.5. The van der Waals surface area contributed by atoms with Crippen LogP contribution in [0.2, 0.25) is 15.1 Å². The van der Waals surface area contributed by atoms with E-state index in [9.17, 15) is 4.39 Å². The minimum absolute atomic E-state index is 0.101. The van der Waals surface area contributed by atoms with Crippen LogP contribution in [0.25, 0.3) is 0 Å². The fourth-order valence-electron chi connectivity index (χ4n) is 2.13. The summed E-state index contributed by atoms with van der Waals surface area (Å²) in [5.41, 5.74) is 4.04. The van der Waals surface area contributed by atoms with E-state index in [1.165, 1.54) is 6.07 Å². The Morgan fingerprint density at radius 1 is 0.952 bits per heavy atom. The van der Waals surface area contributed by atoms with Gasteiger partial charge >= 0.3 is 0 Å². The third kappa shape index (κ3) is 4.09. The molecule has 2 aromatic rings. The number of hydrogen-bond acceptors (Lipinski definition) is 2. The molecule has 2 rings (SSSR count). The Hall–Kier alpha value is -0.840. The summed E-state index contributed by atoms with van der Waals surface area (Å²) in [5, 5.41) is 1.08. The maximum Gasteiger partial charge on any atom is 0.145 e. The smallest absolute Gasteiger partial charge is 0.145 e.